The molecule has 2 aromatic rings. The number of hydrogen-bond acceptors (Lipinski definition) is 3. The first-order valence-corrected chi connectivity index (χ1v) is 6.92. The Morgan fingerprint density at radius 2 is 1.90 bits per heavy atom. The molecule has 104 valence electrons. The topological polar surface area (TPSA) is 71.9 Å². The molecule has 1 N–H and O–H groups in total. The van der Waals surface area contributed by atoms with Gasteiger partial charge in [-0.3, -0.25) is 19.1 Å². The Hall–Kier alpha value is -1.95. The van der Waals surface area contributed by atoms with Crippen LogP contribution >= 0.6 is 15.9 Å². The summed E-state index contributed by atoms with van der Waals surface area (Å²) in [7, 11) is 0. The number of carbonyl (C=O) groups excluding carboxylic acids is 1. The summed E-state index contributed by atoms with van der Waals surface area (Å²) < 4.78 is 2.11. The maximum atomic E-state index is 12.1. The lowest BCUT2D eigenvalue weighted by Gasteiger charge is -2.06. The van der Waals surface area contributed by atoms with Crippen molar-refractivity contribution in [3.63, 3.8) is 0 Å². The van der Waals surface area contributed by atoms with Crippen molar-refractivity contribution >= 4 is 21.7 Å². The summed E-state index contributed by atoms with van der Waals surface area (Å²) >= 11 is 3.29. The van der Waals surface area contributed by atoms with Crippen LogP contribution in [-0.4, -0.2) is 15.3 Å². The predicted molar refractivity (Wildman–Crippen MR) is 79.2 cm³/mol. The highest BCUT2D eigenvalue weighted by Crippen LogP contribution is 2.11. The molecule has 1 aromatic carbocycles. The van der Waals surface area contributed by atoms with Gasteiger partial charge >= 0.3 is 5.69 Å². The maximum absolute atomic E-state index is 12.1. The van der Waals surface area contributed by atoms with Gasteiger partial charge in [0.2, 0.25) is 0 Å². The average molecular weight is 337 g/mol. The summed E-state index contributed by atoms with van der Waals surface area (Å²) in [6, 6.07) is 6.90. The zero-order valence-electron chi connectivity index (χ0n) is 10.9. The molecule has 0 saturated carbocycles. The van der Waals surface area contributed by atoms with Crippen molar-refractivity contribution < 1.29 is 4.79 Å². The Morgan fingerprint density at radius 1 is 1.25 bits per heavy atom. The summed E-state index contributed by atoms with van der Waals surface area (Å²) in [5.74, 6) is -0.186. The third-order valence-electron chi connectivity index (χ3n) is 2.95. The molecule has 0 fully saturated rings. The summed E-state index contributed by atoms with van der Waals surface area (Å²) in [4.78, 5) is 37.4. The molecule has 5 nitrogen and oxygen atoms in total. The zero-order valence-corrected chi connectivity index (χ0v) is 12.4. The molecule has 0 spiro atoms. The molecule has 1 aromatic heterocycles. The number of aromatic nitrogens is 2. The van der Waals surface area contributed by atoms with Gasteiger partial charge in [-0.1, -0.05) is 35.0 Å². The Labute approximate surface area is 123 Å². The lowest BCUT2D eigenvalue weighted by Crippen LogP contribution is -2.33. The van der Waals surface area contributed by atoms with Gasteiger partial charge in [-0.25, -0.2) is 4.79 Å². The van der Waals surface area contributed by atoms with E-state index in [0.29, 0.717) is 17.5 Å². The SMILES string of the molecule is CCc1cn(CC(=O)c2ccc(Br)cc2)c(=O)[nH]c1=O. The molecule has 0 radical (unpaired) electrons. The first-order valence-electron chi connectivity index (χ1n) is 6.12. The molecule has 0 aliphatic heterocycles. The molecule has 20 heavy (non-hydrogen) atoms. The molecule has 0 bridgehead atoms. The molecule has 1 heterocycles. The van der Waals surface area contributed by atoms with Crippen LogP contribution in [0.4, 0.5) is 0 Å². The Bertz CT molecular complexity index is 744. The van der Waals surface area contributed by atoms with Crippen LogP contribution < -0.4 is 11.2 Å². The van der Waals surface area contributed by atoms with Gasteiger partial charge < -0.3 is 0 Å². The lowest BCUT2D eigenvalue weighted by molar-refractivity contribution is 0.0970. The number of aromatic amines is 1. The van der Waals surface area contributed by atoms with Gasteiger partial charge in [0.25, 0.3) is 5.56 Å². The second-order valence-electron chi connectivity index (χ2n) is 4.33. The quantitative estimate of drug-likeness (QED) is 0.864. The first-order chi connectivity index (χ1) is 9.51. The van der Waals surface area contributed by atoms with Crippen LogP contribution in [0.5, 0.6) is 0 Å². The standard InChI is InChI=1S/C14H13BrN2O3/c1-2-9-7-17(14(20)16-13(9)19)8-12(18)10-3-5-11(15)6-4-10/h3-7H,2,8H2,1H3,(H,16,19,20). The highest BCUT2D eigenvalue weighted by molar-refractivity contribution is 9.10. The van der Waals surface area contributed by atoms with Crippen LogP contribution in [0.1, 0.15) is 22.8 Å². The second-order valence-corrected chi connectivity index (χ2v) is 5.24. The Morgan fingerprint density at radius 3 is 2.50 bits per heavy atom. The van der Waals surface area contributed by atoms with Gasteiger partial charge in [0, 0.05) is 21.8 Å². The largest absolute Gasteiger partial charge is 0.328 e. The van der Waals surface area contributed by atoms with Gasteiger partial charge in [-0.05, 0) is 18.6 Å². The van der Waals surface area contributed by atoms with Gasteiger partial charge in [0.1, 0.15) is 0 Å². The van der Waals surface area contributed by atoms with E-state index in [2.05, 4.69) is 20.9 Å². The molecule has 0 amide bonds. The number of halogens is 1. The number of rotatable bonds is 4. The van der Waals surface area contributed by atoms with Crippen molar-refractivity contribution in [2.75, 3.05) is 0 Å². The average Bonchev–Trinajstić information content (AvgIpc) is 2.42. The van der Waals surface area contributed by atoms with Crippen molar-refractivity contribution in [3.05, 3.63) is 66.9 Å². The van der Waals surface area contributed by atoms with Crippen LogP contribution in [0.2, 0.25) is 0 Å². The van der Waals surface area contributed by atoms with Gasteiger partial charge in [-0.15, -0.1) is 0 Å². The van der Waals surface area contributed by atoms with Crippen molar-refractivity contribution in [1.82, 2.24) is 9.55 Å². The van der Waals surface area contributed by atoms with Crippen molar-refractivity contribution in [2.45, 2.75) is 19.9 Å². The van der Waals surface area contributed by atoms with E-state index in [1.54, 1.807) is 24.3 Å². The van der Waals surface area contributed by atoms with Crippen LogP contribution in [0, 0.1) is 0 Å². The number of H-pyrrole nitrogens is 1. The molecule has 0 unspecified atom stereocenters. The summed E-state index contributed by atoms with van der Waals surface area (Å²) in [6.45, 7) is 1.72. The fourth-order valence-electron chi connectivity index (χ4n) is 1.81. The number of carbonyl (C=O) groups is 1. The third-order valence-corrected chi connectivity index (χ3v) is 3.47. The van der Waals surface area contributed by atoms with Crippen LogP contribution in [0.25, 0.3) is 0 Å². The van der Waals surface area contributed by atoms with E-state index in [1.165, 1.54) is 10.8 Å². The van der Waals surface area contributed by atoms with E-state index in [9.17, 15) is 14.4 Å². The lowest BCUT2D eigenvalue weighted by atomic mass is 10.1. The predicted octanol–water partition coefficient (Wildman–Crippen LogP) is 1.74. The zero-order chi connectivity index (χ0) is 14.7. The van der Waals surface area contributed by atoms with Crippen molar-refractivity contribution in [2.24, 2.45) is 0 Å². The Balaban J connectivity index is 2.30. The van der Waals surface area contributed by atoms with Gasteiger partial charge in [0.05, 0.1) is 6.54 Å². The number of hydrogen-bond donors (Lipinski definition) is 1. The molecule has 0 atom stereocenters. The summed E-state index contributed by atoms with van der Waals surface area (Å²) in [5, 5.41) is 0. The highest BCUT2D eigenvalue weighted by Gasteiger charge is 2.09. The highest BCUT2D eigenvalue weighted by atomic mass is 79.9. The maximum Gasteiger partial charge on any atom is 0.328 e. The summed E-state index contributed by atoms with van der Waals surface area (Å²) in [6.07, 6.45) is 1.94. The third kappa shape index (κ3) is 3.14. The van der Waals surface area contributed by atoms with Crippen LogP contribution in [-0.2, 0) is 13.0 Å². The number of Topliss-reactive ketones (excluding diaryl/α,β-unsaturated/α-hetero) is 1. The molecule has 2 rings (SSSR count). The number of benzene rings is 1. The minimum atomic E-state index is -0.572. The fourth-order valence-corrected chi connectivity index (χ4v) is 2.07. The van der Waals surface area contributed by atoms with Crippen LogP contribution in [0.3, 0.4) is 0 Å². The monoisotopic (exact) mass is 336 g/mol. The second kappa shape index (κ2) is 6.00. The normalized spacial score (nSPS) is 10.5. The molecule has 0 saturated heterocycles. The molecule has 6 heteroatoms. The number of nitrogens with one attached hydrogen (secondary N) is 1. The van der Waals surface area contributed by atoms with E-state index >= 15 is 0 Å². The van der Waals surface area contributed by atoms with Crippen molar-refractivity contribution in [1.29, 1.82) is 0 Å². The Kier molecular flexibility index (Phi) is 4.34. The van der Waals surface area contributed by atoms with E-state index in [0.717, 1.165) is 4.47 Å². The number of aryl methyl sites for hydroxylation is 1. The molecular weight excluding hydrogens is 324 g/mol. The molecule has 0 aliphatic rings. The summed E-state index contributed by atoms with van der Waals surface area (Å²) in [5.41, 5.74) is 0.0278. The van der Waals surface area contributed by atoms with E-state index in [-0.39, 0.29) is 12.3 Å². The van der Waals surface area contributed by atoms with Gasteiger partial charge in [0.15, 0.2) is 5.78 Å². The van der Waals surface area contributed by atoms with E-state index < -0.39 is 11.2 Å². The molecule has 0 aliphatic carbocycles. The fraction of sp³-hybridized carbons (Fsp3) is 0.214. The van der Waals surface area contributed by atoms with Crippen molar-refractivity contribution in [3.8, 4) is 0 Å². The minimum absolute atomic E-state index is 0.0930. The number of nitrogens with zero attached hydrogens (tertiary/aromatic N) is 1. The van der Waals surface area contributed by atoms with Gasteiger partial charge in [-0.2, -0.15) is 0 Å². The number of ketones is 1. The van der Waals surface area contributed by atoms with E-state index in [1.807, 2.05) is 6.92 Å². The van der Waals surface area contributed by atoms with Crippen LogP contribution in [0.15, 0.2) is 44.5 Å². The minimum Gasteiger partial charge on any atom is -0.293 e. The van der Waals surface area contributed by atoms with E-state index in [4.69, 9.17) is 0 Å². The first kappa shape index (κ1) is 14.5. The smallest absolute Gasteiger partial charge is 0.293 e. The molecular formula is C14H13BrN2O3.